The number of fused-ring (bicyclic) bond motifs is 1. The number of hydrogen-bond donors (Lipinski definition) is 1. The van der Waals surface area contributed by atoms with Gasteiger partial charge in [-0.3, -0.25) is 14.0 Å². The lowest BCUT2D eigenvalue weighted by Crippen LogP contribution is -2.28. The zero-order valence-electron chi connectivity index (χ0n) is 17.0. The molecule has 0 aliphatic carbocycles. The summed E-state index contributed by atoms with van der Waals surface area (Å²) in [4.78, 5) is 31.8. The topological polar surface area (TPSA) is 75.9 Å². The van der Waals surface area contributed by atoms with E-state index in [9.17, 15) is 9.59 Å². The van der Waals surface area contributed by atoms with Gasteiger partial charge in [0.25, 0.3) is 11.8 Å². The molecule has 29 heavy (non-hydrogen) atoms. The second kappa shape index (κ2) is 9.23. The fraction of sp³-hybridized carbons (Fsp3) is 0.318. The van der Waals surface area contributed by atoms with Gasteiger partial charge in [-0.25, -0.2) is 4.98 Å². The van der Waals surface area contributed by atoms with Crippen LogP contribution >= 0.6 is 0 Å². The predicted molar refractivity (Wildman–Crippen MR) is 111 cm³/mol. The van der Waals surface area contributed by atoms with E-state index in [-0.39, 0.29) is 23.3 Å². The van der Waals surface area contributed by atoms with Crippen molar-refractivity contribution in [2.24, 2.45) is 0 Å². The largest absolute Gasteiger partial charge is 0.496 e. The Balaban J connectivity index is 1.85. The number of para-hydroxylation sites is 1. The second-order valence-electron chi connectivity index (χ2n) is 6.81. The molecular formula is C22H26N4O3. The molecule has 0 fully saturated rings. The zero-order chi connectivity index (χ0) is 20.8. The molecule has 152 valence electrons. The summed E-state index contributed by atoms with van der Waals surface area (Å²) >= 11 is 0. The van der Waals surface area contributed by atoms with Gasteiger partial charge in [0.15, 0.2) is 5.69 Å². The summed E-state index contributed by atoms with van der Waals surface area (Å²) in [6.07, 6.45) is 3.65. The summed E-state index contributed by atoms with van der Waals surface area (Å²) < 4.78 is 6.98. The van der Waals surface area contributed by atoms with Gasteiger partial charge in [0.05, 0.1) is 12.6 Å². The van der Waals surface area contributed by atoms with Crippen LogP contribution in [0.2, 0.25) is 0 Å². The number of amides is 2. The van der Waals surface area contributed by atoms with Crippen molar-refractivity contribution in [2.45, 2.75) is 26.3 Å². The van der Waals surface area contributed by atoms with E-state index in [1.807, 2.05) is 30.3 Å². The van der Waals surface area contributed by atoms with E-state index < -0.39 is 0 Å². The Hall–Kier alpha value is -3.35. The van der Waals surface area contributed by atoms with Crippen LogP contribution in [-0.4, -0.2) is 46.8 Å². The van der Waals surface area contributed by atoms with E-state index in [1.165, 1.54) is 0 Å². The van der Waals surface area contributed by atoms with Crippen molar-refractivity contribution in [3.8, 4) is 5.75 Å². The molecule has 7 nitrogen and oxygen atoms in total. The molecule has 7 heteroatoms. The number of methoxy groups -OCH3 is 1. The summed E-state index contributed by atoms with van der Waals surface area (Å²) in [5.41, 5.74) is 1.76. The molecule has 3 rings (SSSR count). The van der Waals surface area contributed by atoms with Gasteiger partial charge in [-0.2, -0.15) is 0 Å². The maximum atomic E-state index is 12.9. The Morgan fingerprint density at radius 1 is 1.17 bits per heavy atom. The van der Waals surface area contributed by atoms with E-state index in [0.29, 0.717) is 24.4 Å². The quantitative estimate of drug-likeness (QED) is 0.637. The fourth-order valence-corrected chi connectivity index (χ4v) is 3.14. The molecule has 0 bridgehead atoms. The van der Waals surface area contributed by atoms with E-state index in [2.05, 4.69) is 17.2 Å². The number of nitrogens with one attached hydrogen (secondary N) is 1. The number of nitrogens with zero attached hydrogens (tertiary/aromatic N) is 3. The summed E-state index contributed by atoms with van der Waals surface area (Å²) in [5, 5.41) is 2.87. The van der Waals surface area contributed by atoms with Gasteiger partial charge in [-0.05, 0) is 24.6 Å². The number of imidazole rings is 1. The van der Waals surface area contributed by atoms with Crippen molar-refractivity contribution in [2.75, 3.05) is 20.7 Å². The monoisotopic (exact) mass is 394 g/mol. The Labute approximate surface area is 170 Å². The Kier molecular flexibility index (Phi) is 6.49. The molecule has 2 heterocycles. The summed E-state index contributed by atoms with van der Waals surface area (Å²) in [5.74, 6) is 0.343. The maximum Gasteiger partial charge on any atom is 0.287 e. The van der Waals surface area contributed by atoms with Gasteiger partial charge in [-0.1, -0.05) is 37.6 Å². The lowest BCUT2D eigenvalue weighted by atomic mass is 10.2. The number of hydrogen-bond acceptors (Lipinski definition) is 4. The van der Waals surface area contributed by atoms with Crippen LogP contribution in [0.4, 0.5) is 0 Å². The number of pyridine rings is 1. The van der Waals surface area contributed by atoms with Gasteiger partial charge in [-0.15, -0.1) is 0 Å². The van der Waals surface area contributed by atoms with Crippen LogP contribution in [0.3, 0.4) is 0 Å². The molecule has 0 saturated carbocycles. The first kappa shape index (κ1) is 20.4. The molecule has 0 radical (unpaired) electrons. The van der Waals surface area contributed by atoms with Gasteiger partial charge >= 0.3 is 0 Å². The Morgan fingerprint density at radius 3 is 2.69 bits per heavy atom. The minimum Gasteiger partial charge on any atom is -0.496 e. The van der Waals surface area contributed by atoms with Crippen LogP contribution in [0.25, 0.3) is 5.52 Å². The highest BCUT2D eigenvalue weighted by Crippen LogP contribution is 2.18. The SMILES string of the molecule is CCCCN(C)C(=O)c1nc(C(=O)NCc2ccccc2OC)n2ccccc12. The predicted octanol–water partition coefficient (Wildman–Crippen LogP) is 3.15. The number of benzene rings is 1. The molecule has 2 aromatic heterocycles. The van der Waals surface area contributed by atoms with Crippen LogP contribution in [0.5, 0.6) is 5.75 Å². The van der Waals surface area contributed by atoms with Crippen LogP contribution in [-0.2, 0) is 6.54 Å². The first-order chi connectivity index (χ1) is 14.1. The molecule has 0 spiro atoms. The van der Waals surface area contributed by atoms with E-state index in [4.69, 9.17) is 4.74 Å². The van der Waals surface area contributed by atoms with Crippen molar-refractivity contribution in [1.82, 2.24) is 19.6 Å². The average Bonchev–Trinajstić information content (AvgIpc) is 3.15. The number of aromatic nitrogens is 2. The average molecular weight is 394 g/mol. The van der Waals surface area contributed by atoms with Crippen LogP contribution in [0.15, 0.2) is 48.7 Å². The van der Waals surface area contributed by atoms with Crippen LogP contribution in [0, 0.1) is 0 Å². The standard InChI is InChI=1S/C22H26N4O3/c1-4-5-13-25(2)22(28)19-17-11-8-9-14-26(17)20(24-19)21(27)23-15-16-10-6-7-12-18(16)29-3/h6-12,14H,4-5,13,15H2,1-3H3,(H,23,27). The third-order valence-corrected chi connectivity index (χ3v) is 4.78. The Morgan fingerprint density at radius 2 is 1.93 bits per heavy atom. The normalized spacial score (nSPS) is 10.7. The number of carbonyl (C=O) groups is 2. The van der Waals surface area contributed by atoms with E-state index in [1.54, 1.807) is 41.8 Å². The summed E-state index contributed by atoms with van der Waals surface area (Å²) in [7, 11) is 3.35. The molecule has 1 aromatic carbocycles. The molecular weight excluding hydrogens is 368 g/mol. The fourth-order valence-electron chi connectivity index (χ4n) is 3.14. The van der Waals surface area contributed by atoms with E-state index in [0.717, 1.165) is 18.4 Å². The van der Waals surface area contributed by atoms with Gasteiger partial charge in [0.1, 0.15) is 5.75 Å². The lowest BCUT2D eigenvalue weighted by molar-refractivity contribution is 0.0790. The molecule has 0 atom stereocenters. The first-order valence-corrected chi connectivity index (χ1v) is 9.69. The molecule has 0 saturated heterocycles. The van der Waals surface area contributed by atoms with Crippen molar-refractivity contribution in [1.29, 1.82) is 0 Å². The summed E-state index contributed by atoms with van der Waals surface area (Å²) in [6.45, 7) is 3.02. The first-order valence-electron chi connectivity index (χ1n) is 9.69. The van der Waals surface area contributed by atoms with Crippen molar-refractivity contribution in [3.63, 3.8) is 0 Å². The van der Waals surface area contributed by atoms with Crippen LogP contribution < -0.4 is 10.1 Å². The molecule has 2 amide bonds. The maximum absolute atomic E-state index is 12.9. The molecule has 0 unspecified atom stereocenters. The minimum atomic E-state index is -0.354. The van der Waals surface area contributed by atoms with Crippen molar-refractivity contribution in [3.05, 3.63) is 65.7 Å². The highest BCUT2D eigenvalue weighted by molar-refractivity contribution is 6.02. The third-order valence-electron chi connectivity index (χ3n) is 4.78. The number of unbranched alkanes of at least 4 members (excludes halogenated alkanes) is 1. The minimum absolute atomic E-state index is 0.183. The molecule has 1 N–H and O–H groups in total. The second-order valence-corrected chi connectivity index (χ2v) is 6.81. The van der Waals surface area contributed by atoms with Crippen molar-refractivity contribution < 1.29 is 14.3 Å². The highest BCUT2D eigenvalue weighted by Gasteiger charge is 2.23. The molecule has 0 aliphatic heterocycles. The smallest absolute Gasteiger partial charge is 0.287 e. The molecule has 0 aliphatic rings. The Bertz CT molecular complexity index is 1010. The van der Waals surface area contributed by atoms with Gasteiger partial charge in [0.2, 0.25) is 5.82 Å². The van der Waals surface area contributed by atoms with Gasteiger partial charge < -0.3 is 15.0 Å². The van der Waals surface area contributed by atoms with Crippen molar-refractivity contribution >= 4 is 17.3 Å². The number of ether oxygens (including phenoxy) is 1. The zero-order valence-corrected chi connectivity index (χ0v) is 17.0. The highest BCUT2D eigenvalue weighted by atomic mass is 16.5. The number of carbonyl (C=O) groups excluding carboxylic acids is 2. The summed E-state index contributed by atoms with van der Waals surface area (Å²) in [6, 6.07) is 12.9. The third kappa shape index (κ3) is 4.39. The van der Waals surface area contributed by atoms with E-state index >= 15 is 0 Å². The van der Waals surface area contributed by atoms with Crippen LogP contribution in [0.1, 0.15) is 46.4 Å². The molecule has 3 aromatic rings. The number of rotatable bonds is 8. The lowest BCUT2D eigenvalue weighted by Gasteiger charge is -2.15. The van der Waals surface area contributed by atoms with Gasteiger partial charge in [0, 0.05) is 31.9 Å².